The van der Waals surface area contributed by atoms with Gasteiger partial charge in [0.15, 0.2) is 0 Å². The van der Waals surface area contributed by atoms with Crippen LogP contribution in [0.15, 0.2) is 0 Å². The van der Waals surface area contributed by atoms with Crippen LogP contribution in [0.1, 0.15) is 12.8 Å². The number of carbonyl (C=O) groups is 1. The van der Waals surface area contributed by atoms with E-state index in [1.54, 1.807) is 7.11 Å². The molecule has 1 fully saturated rings. The summed E-state index contributed by atoms with van der Waals surface area (Å²) in [6.07, 6.45) is 1.95. The number of methoxy groups -OCH3 is 1. The Morgan fingerprint density at radius 2 is 2.19 bits per heavy atom. The Hall–Kier alpha value is -0.650. The molecule has 1 atom stereocenters. The van der Waals surface area contributed by atoms with Crippen LogP contribution in [0.3, 0.4) is 0 Å². The van der Waals surface area contributed by atoms with Crippen molar-refractivity contribution in [2.45, 2.75) is 18.4 Å². The van der Waals surface area contributed by atoms with Crippen molar-refractivity contribution >= 4 is 5.97 Å². The number of carboxylic acids is 1. The molecule has 1 rings (SSSR count). The van der Waals surface area contributed by atoms with E-state index >= 15 is 0 Å². The van der Waals surface area contributed by atoms with Crippen LogP contribution in [0, 0.1) is 5.92 Å². The third-order valence-corrected chi connectivity index (χ3v) is 3.03. The summed E-state index contributed by atoms with van der Waals surface area (Å²) in [7, 11) is 5.49. The summed E-state index contributed by atoms with van der Waals surface area (Å²) in [5.74, 6) is -0.581. The van der Waals surface area contributed by atoms with Gasteiger partial charge in [0.25, 0.3) is 0 Å². The fourth-order valence-corrected chi connectivity index (χ4v) is 1.93. The number of hydrogen-bond acceptors (Lipinski definition) is 4. The van der Waals surface area contributed by atoms with Crippen molar-refractivity contribution in [3.8, 4) is 0 Å². The maximum Gasteiger partial charge on any atom is 0.326 e. The molecule has 5 heteroatoms. The third kappa shape index (κ3) is 3.17. The average Bonchev–Trinajstić information content (AvgIpc) is 2.98. The highest BCUT2D eigenvalue weighted by Gasteiger charge is 2.51. The number of hydrogen-bond donors (Lipinski definition) is 2. The van der Waals surface area contributed by atoms with E-state index in [9.17, 15) is 9.90 Å². The Bertz CT molecular complexity index is 241. The Kier molecular flexibility index (Phi) is 4.70. The van der Waals surface area contributed by atoms with E-state index in [1.165, 1.54) is 0 Å². The smallest absolute Gasteiger partial charge is 0.326 e. The van der Waals surface area contributed by atoms with Crippen molar-refractivity contribution in [2.75, 3.05) is 40.9 Å². The van der Waals surface area contributed by atoms with Gasteiger partial charge >= 0.3 is 5.97 Å². The minimum Gasteiger partial charge on any atom is -0.480 e. The van der Waals surface area contributed by atoms with Gasteiger partial charge in [-0.05, 0) is 32.9 Å². The molecule has 0 aromatic rings. The quantitative estimate of drug-likeness (QED) is 0.615. The van der Waals surface area contributed by atoms with Gasteiger partial charge < -0.3 is 14.7 Å². The minimum atomic E-state index is -0.884. The standard InChI is InChI=1S/C11H22N2O3/c1-13(2)7-6-12-11(8-16-3,10(14)15)9-4-5-9/h9,12H,4-8H2,1-3H3,(H,14,15). The molecule has 1 aliphatic carbocycles. The fourth-order valence-electron chi connectivity index (χ4n) is 1.93. The van der Waals surface area contributed by atoms with E-state index in [2.05, 4.69) is 5.32 Å². The number of carboxylic acid groups (broad SMARTS) is 1. The second kappa shape index (κ2) is 5.61. The largest absolute Gasteiger partial charge is 0.480 e. The van der Waals surface area contributed by atoms with Gasteiger partial charge in [-0.3, -0.25) is 10.1 Å². The normalized spacial score (nSPS) is 19.8. The van der Waals surface area contributed by atoms with E-state index in [-0.39, 0.29) is 12.5 Å². The highest BCUT2D eigenvalue weighted by molar-refractivity contribution is 5.80. The number of aliphatic carboxylic acids is 1. The van der Waals surface area contributed by atoms with Crippen LogP contribution in [-0.4, -0.2) is 62.4 Å². The first-order chi connectivity index (χ1) is 7.53. The maximum atomic E-state index is 11.4. The summed E-state index contributed by atoms with van der Waals surface area (Å²) >= 11 is 0. The highest BCUT2D eigenvalue weighted by atomic mass is 16.5. The Balaban J connectivity index is 2.57. The monoisotopic (exact) mass is 230 g/mol. The van der Waals surface area contributed by atoms with Crippen LogP contribution in [0.5, 0.6) is 0 Å². The van der Waals surface area contributed by atoms with E-state index in [0.717, 1.165) is 19.4 Å². The molecular weight excluding hydrogens is 208 g/mol. The van der Waals surface area contributed by atoms with E-state index < -0.39 is 11.5 Å². The number of likely N-dealkylation sites (N-methyl/N-ethyl adjacent to an activating group) is 1. The molecule has 94 valence electrons. The molecule has 1 saturated carbocycles. The van der Waals surface area contributed by atoms with Gasteiger partial charge in [0.05, 0.1) is 6.61 Å². The molecular formula is C11H22N2O3. The van der Waals surface area contributed by atoms with Gasteiger partial charge in [0.2, 0.25) is 0 Å². The summed E-state index contributed by atoms with van der Waals surface area (Å²) in [6.45, 7) is 1.73. The fraction of sp³-hybridized carbons (Fsp3) is 0.909. The molecule has 0 radical (unpaired) electrons. The average molecular weight is 230 g/mol. The lowest BCUT2D eigenvalue weighted by molar-refractivity contribution is -0.148. The van der Waals surface area contributed by atoms with Gasteiger partial charge in [-0.25, -0.2) is 0 Å². The molecule has 0 saturated heterocycles. The van der Waals surface area contributed by atoms with Crippen LogP contribution in [-0.2, 0) is 9.53 Å². The number of nitrogens with one attached hydrogen (secondary N) is 1. The highest BCUT2D eigenvalue weighted by Crippen LogP contribution is 2.40. The second-order valence-corrected chi connectivity index (χ2v) is 4.71. The predicted molar refractivity (Wildman–Crippen MR) is 61.5 cm³/mol. The number of nitrogens with zero attached hydrogens (tertiary/aromatic N) is 1. The zero-order valence-corrected chi connectivity index (χ0v) is 10.3. The molecule has 0 aromatic heterocycles. The van der Waals surface area contributed by atoms with Crippen molar-refractivity contribution in [1.82, 2.24) is 10.2 Å². The number of ether oxygens (including phenoxy) is 1. The molecule has 2 N–H and O–H groups in total. The molecule has 0 aromatic carbocycles. The molecule has 1 aliphatic rings. The van der Waals surface area contributed by atoms with Gasteiger partial charge in [0, 0.05) is 20.2 Å². The third-order valence-electron chi connectivity index (χ3n) is 3.03. The lowest BCUT2D eigenvalue weighted by atomic mass is 9.94. The lowest BCUT2D eigenvalue weighted by Gasteiger charge is -2.30. The van der Waals surface area contributed by atoms with Crippen LogP contribution in [0.4, 0.5) is 0 Å². The first-order valence-corrected chi connectivity index (χ1v) is 5.65. The van der Waals surface area contributed by atoms with Crippen LogP contribution < -0.4 is 5.32 Å². The molecule has 0 aliphatic heterocycles. The van der Waals surface area contributed by atoms with Gasteiger partial charge in [0.1, 0.15) is 5.54 Å². The summed E-state index contributed by atoms with van der Waals surface area (Å²) < 4.78 is 5.07. The zero-order valence-electron chi connectivity index (χ0n) is 10.3. The van der Waals surface area contributed by atoms with Gasteiger partial charge in [-0.2, -0.15) is 0 Å². The Labute approximate surface area is 96.8 Å². The molecule has 0 spiro atoms. The molecule has 0 heterocycles. The van der Waals surface area contributed by atoms with Crippen molar-refractivity contribution < 1.29 is 14.6 Å². The SMILES string of the molecule is COCC(NCCN(C)C)(C(=O)O)C1CC1. The van der Waals surface area contributed by atoms with Gasteiger partial charge in [-0.15, -0.1) is 0 Å². The van der Waals surface area contributed by atoms with Crippen LogP contribution in [0.2, 0.25) is 0 Å². The maximum absolute atomic E-state index is 11.4. The lowest BCUT2D eigenvalue weighted by Crippen LogP contribution is -2.58. The molecule has 0 amide bonds. The van der Waals surface area contributed by atoms with E-state index in [4.69, 9.17) is 4.74 Å². The molecule has 16 heavy (non-hydrogen) atoms. The summed E-state index contributed by atoms with van der Waals surface area (Å²) in [5, 5.41) is 12.5. The molecule has 1 unspecified atom stereocenters. The van der Waals surface area contributed by atoms with E-state index in [0.29, 0.717) is 6.54 Å². The second-order valence-electron chi connectivity index (χ2n) is 4.71. The summed E-state index contributed by atoms with van der Waals surface area (Å²) in [4.78, 5) is 13.4. The van der Waals surface area contributed by atoms with Crippen LogP contribution in [0.25, 0.3) is 0 Å². The van der Waals surface area contributed by atoms with E-state index in [1.807, 2.05) is 19.0 Å². The van der Waals surface area contributed by atoms with Gasteiger partial charge in [-0.1, -0.05) is 0 Å². The Morgan fingerprint density at radius 3 is 2.56 bits per heavy atom. The van der Waals surface area contributed by atoms with Crippen molar-refractivity contribution in [3.05, 3.63) is 0 Å². The topological polar surface area (TPSA) is 61.8 Å². The van der Waals surface area contributed by atoms with Crippen molar-refractivity contribution in [3.63, 3.8) is 0 Å². The van der Waals surface area contributed by atoms with Crippen molar-refractivity contribution in [1.29, 1.82) is 0 Å². The molecule has 0 bridgehead atoms. The first kappa shape index (κ1) is 13.4. The Morgan fingerprint density at radius 1 is 1.56 bits per heavy atom. The summed E-state index contributed by atoms with van der Waals surface area (Å²) in [5.41, 5.74) is -0.884. The predicted octanol–water partition coefficient (Wildman–Crippen LogP) is 0.0174. The summed E-state index contributed by atoms with van der Waals surface area (Å²) in [6, 6.07) is 0. The molecule has 5 nitrogen and oxygen atoms in total. The number of rotatable bonds is 8. The van der Waals surface area contributed by atoms with Crippen LogP contribution >= 0.6 is 0 Å². The minimum absolute atomic E-state index is 0.215. The van der Waals surface area contributed by atoms with Crippen molar-refractivity contribution in [2.24, 2.45) is 5.92 Å². The first-order valence-electron chi connectivity index (χ1n) is 5.65. The zero-order chi connectivity index (χ0) is 12.2.